The molecule has 0 spiro atoms. The second-order valence-corrected chi connectivity index (χ2v) is 3.04. The van der Waals surface area contributed by atoms with Crippen molar-refractivity contribution in [3.8, 4) is 0 Å². The number of aromatic nitrogens is 2. The number of aliphatic hydroxyl groups is 1. The predicted molar refractivity (Wildman–Crippen MR) is 55.9 cm³/mol. The van der Waals surface area contributed by atoms with Gasteiger partial charge in [0.25, 0.3) is 0 Å². The summed E-state index contributed by atoms with van der Waals surface area (Å²) in [6, 6.07) is 1.70. The van der Waals surface area contributed by atoms with Crippen LogP contribution in [0.2, 0.25) is 0 Å². The molecule has 4 N–H and O–H groups in total. The molecule has 1 rings (SSSR count). The van der Waals surface area contributed by atoms with E-state index < -0.39 is 0 Å². The van der Waals surface area contributed by atoms with E-state index in [1.54, 1.807) is 6.07 Å². The molecule has 78 valence electrons. The third kappa shape index (κ3) is 4.04. The number of hydrogen-bond donors (Lipinski definition) is 3. The van der Waals surface area contributed by atoms with Crippen LogP contribution in [0.4, 0.5) is 11.6 Å². The van der Waals surface area contributed by atoms with Crippen molar-refractivity contribution in [3.63, 3.8) is 0 Å². The normalized spacial score (nSPS) is 10.1. The zero-order valence-corrected chi connectivity index (χ0v) is 8.11. The minimum Gasteiger partial charge on any atom is -0.396 e. The van der Waals surface area contributed by atoms with Crippen LogP contribution in [-0.4, -0.2) is 28.2 Å². The molecule has 0 amide bonds. The molecule has 1 heterocycles. The lowest BCUT2D eigenvalue weighted by Gasteiger charge is -2.04. The Morgan fingerprint density at radius 1 is 1.29 bits per heavy atom. The van der Waals surface area contributed by atoms with Crippen LogP contribution in [0, 0.1) is 0 Å². The summed E-state index contributed by atoms with van der Waals surface area (Å²) in [6.45, 7) is 1.11. The van der Waals surface area contributed by atoms with Crippen LogP contribution in [0.1, 0.15) is 19.3 Å². The quantitative estimate of drug-likeness (QED) is 0.581. The fourth-order valence-electron chi connectivity index (χ4n) is 1.10. The third-order valence-electron chi connectivity index (χ3n) is 1.83. The van der Waals surface area contributed by atoms with Crippen LogP contribution in [0.15, 0.2) is 12.4 Å². The summed E-state index contributed by atoms with van der Waals surface area (Å²) in [5.74, 6) is 1.22. The van der Waals surface area contributed by atoms with Gasteiger partial charge in [0, 0.05) is 19.2 Å². The van der Waals surface area contributed by atoms with E-state index >= 15 is 0 Å². The summed E-state index contributed by atoms with van der Waals surface area (Å²) in [5, 5.41) is 11.7. The standard InChI is InChI=1S/C9H16N4O/c10-8-6-9(13-7-12-8)11-4-2-1-3-5-14/h6-7,14H,1-5H2,(H3,10,11,12,13). The van der Waals surface area contributed by atoms with E-state index in [1.165, 1.54) is 6.33 Å². The van der Waals surface area contributed by atoms with E-state index in [2.05, 4.69) is 15.3 Å². The van der Waals surface area contributed by atoms with Gasteiger partial charge >= 0.3 is 0 Å². The van der Waals surface area contributed by atoms with E-state index in [0.29, 0.717) is 5.82 Å². The number of nitrogens with one attached hydrogen (secondary N) is 1. The number of nitrogen functional groups attached to an aromatic ring is 1. The first-order valence-electron chi connectivity index (χ1n) is 4.75. The van der Waals surface area contributed by atoms with Gasteiger partial charge in [-0.25, -0.2) is 9.97 Å². The predicted octanol–water partition coefficient (Wildman–Crippen LogP) is 0.633. The molecule has 0 radical (unpaired) electrons. The van der Waals surface area contributed by atoms with Crippen LogP contribution in [-0.2, 0) is 0 Å². The number of nitrogens with two attached hydrogens (primary N) is 1. The highest BCUT2D eigenvalue weighted by Crippen LogP contribution is 2.05. The highest BCUT2D eigenvalue weighted by Gasteiger charge is 1.94. The minimum absolute atomic E-state index is 0.264. The largest absolute Gasteiger partial charge is 0.396 e. The maximum Gasteiger partial charge on any atom is 0.131 e. The summed E-state index contributed by atoms with van der Waals surface area (Å²) in [6.07, 6.45) is 4.33. The number of rotatable bonds is 6. The molecular formula is C9H16N4O. The van der Waals surface area contributed by atoms with E-state index in [9.17, 15) is 0 Å². The summed E-state index contributed by atoms with van der Waals surface area (Å²) in [7, 11) is 0. The van der Waals surface area contributed by atoms with Gasteiger partial charge in [0.1, 0.15) is 18.0 Å². The van der Waals surface area contributed by atoms with E-state index in [1.807, 2.05) is 0 Å². The average Bonchev–Trinajstić information content (AvgIpc) is 2.18. The molecule has 0 aromatic carbocycles. The molecular weight excluding hydrogens is 180 g/mol. The maximum absolute atomic E-state index is 8.56. The second-order valence-electron chi connectivity index (χ2n) is 3.04. The Labute approximate surface area is 83.4 Å². The van der Waals surface area contributed by atoms with Crippen LogP contribution in [0.5, 0.6) is 0 Å². The van der Waals surface area contributed by atoms with Crippen molar-refractivity contribution in [3.05, 3.63) is 12.4 Å². The van der Waals surface area contributed by atoms with Gasteiger partial charge in [0.15, 0.2) is 0 Å². The molecule has 0 fully saturated rings. The molecule has 1 aromatic rings. The Kier molecular flexibility index (Phi) is 4.71. The maximum atomic E-state index is 8.56. The van der Waals surface area contributed by atoms with Gasteiger partial charge in [-0.1, -0.05) is 0 Å². The zero-order valence-electron chi connectivity index (χ0n) is 8.11. The SMILES string of the molecule is Nc1cc(NCCCCCO)ncn1. The highest BCUT2D eigenvalue weighted by molar-refractivity contribution is 5.42. The summed E-state index contributed by atoms with van der Waals surface area (Å²) in [5.41, 5.74) is 5.49. The Balaban J connectivity index is 2.18. The van der Waals surface area contributed by atoms with E-state index in [0.717, 1.165) is 31.6 Å². The van der Waals surface area contributed by atoms with Gasteiger partial charge < -0.3 is 16.2 Å². The lowest BCUT2D eigenvalue weighted by molar-refractivity contribution is 0.283. The van der Waals surface area contributed by atoms with E-state index in [-0.39, 0.29) is 6.61 Å². The molecule has 0 aliphatic rings. The molecule has 0 atom stereocenters. The number of anilines is 2. The third-order valence-corrected chi connectivity index (χ3v) is 1.83. The first kappa shape index (κ1) is 10.7. The van der Waals surface area contributed by atoms with Crippen LogP contribution >= 0.6 is 0 Å². The zero-order chi connectivity index (χ0) is 10.2. The van der Waals surface area contributed by atoms with Gasteiger partial charge in [-0.2, -0.15) is 0 Å². The molecule has 0 aliphatic carbocycles. The smallest absolute Gasteiger partial charge is 0.131 e. The Bertz CT molecular complexity index is 267. The first-order valence-corrected chi connectivity index (χ1v) is 4.75. The van der Waals surface area contributed by atoms with Crippen molar-refractivity contribution >= 4 is 11.6 Å². The lowest BCUT2D eigenvalue weighted by atomic mass is 10.2. The van der Waals surface area contributed by atoms with Crippen LogP contribution < -0.4 is 11.1 Å². The van der Waals surface area contributed by atoms with Crippen LogP contribution in [0.3, 0.4) is 0 Å². The number of hydrogen-bond acceptors (Lipinski definition) is 5. The van der Waals surface area contributed by atoms with Crippen molar-refractivity contribution in [2.24, 2.45) is 0 Å². The Morgan fingerprint density at radius 2 is 2.14 bits per heavy atom. The molecule has 0 aliphatic heterocycles. The molecule has 1 aromatic heterocycles. The second kappa shape index (κ2) is 6.15. The number of unbranched alkanes of at least 4 members (excludes halogenated alkanes) is 2. The lowest BCUT2D eigenvalue weighted by Crippen LogP contribution is -2.04. The molecule has 5 nitrogen and oxygen atoms in total. The van der Waals surface area contributed by atoms with Gasteiger partial charge in [0.05, 0.1) is 0 Å². The molecule has 0 bridgehead atoms. The van der Waals surface area contributed by atoms with E-state index in [4.69, 9.17) is 10.8 Å². The fourth-order valence-corrected chi connectivity index (χ4v) is 1.10. The van der Waals surface area contributed by atoms with Gasteiger partial charge in [-0.05, 0) is 19.3 Å². The molecule has 5 heteroatoms. The van der Waals surface area contributed by atoms with Gasteiger partial charge in [-0.15, -0.1) is 0 Å². The summed E-state index contributed by atoms with van der Waals surface area (Å²) >= 11 is 0. The van der Waals surface area contributed by atoms with Gasteiger partial charge in [-0.3, -0.25) is 0 Å². The Morgan fingerprint density at radius 3 is 2.86 bits per heavy atom. The number of aliphatic hydroxyl groups excluding tert-OH is 1. The van der Waals surface area contributed by atoms with Crippen molar-refractivity contribution in [1.29, 1.82) is 0 Å². The molecule has 0 saturated heterocycles. The fraction of sp³-hybridized carbons (Fsp3) is 0.556. The Hall–Kier alpha value is -1.36. The van der Waals surface area contributed by atoms with Crippen molar-refractivity contribution in [1.82, 2.24) is 9.97 Å². The monoisotopic (exact) mass is 196 g/mol. The van der Waals surface area contributed by atoms with Crippen molar-refractivity contribution in [2.45, 2.75) is 19.3 Å². The number of nitrogens with zero attached hydrogens (tertiary/aromatic N) is 2. The first-order chi connectivity index (χ1) is 6.83. The minimum atomic E-state index is 0.264. The molecule has 14 heavy (non-hydrogen) atoms. The summed E-state index contributed by atoms with van der Waals surface area (Å²) in [4.78, 5) is 7.80. The topological polar surface area (TPSA) is 84.1 Å². The average molecular weight is 196 g/mol. The molecule has 0 unspecified atom stereocenters. The summed E-state index contributed by atoms with van der Waals surface area (Å²) < 4.78 is 0. The van der Waals surface area contributed by atoms with Crippen molar-refractivity contribution < 1.29 is 5.11 Å². The molecule has 0 saturated carbocycles. The van der Waals surface area contributed by atoms with Gasteiger partial charge in [0.2, 0.25) is 0 Å². The van der Waals surface area contributed by atoms with Crippen molar-refractivity contribution in [2.75, 3.05) is 24.2 Å². The highest BCUT2D eigenvalue weighted by atomic mass is 16.2. The van der Waals surface area contributed by atoms with Crippen LogP contribution in [0.25, 0.3) is 0 Å².